The van der Waals surface area contributed by atoms with E-state index < -0.39 is 16.6 Å². The van der Waals surface area contributed by atoms with E-state index in [4.69, 9.17) is 4.74 Å². The molecule has 0 heterocycles. The number of nitrogens with zero attached hydrogens (tertiary/aromatic N) is 1. The van der Waals surface area contributed by atoms with Crippen LogP contribution >= 0.6 is 15.9 Å². The maximum atomic E-state index is 13.5. The third kappa shape index (κ3) is 4.26. The molecule has 1 N–H and O–H groups in total. The molecule has 2 aromatic rings. The van der Waals surface area contributed by atoms with Gasteiger partial charge in [-0.25, -0.2) is 4.39 Å². The van der Waals surface area contributed by atoms with Crippen LogP contribution in [0.1, 0.15) is 0 Å². The van der Waals surface area contributed by atoms with Gasteiger partial charge in [0.05, 0.1) is 10.6 Å². The maximum absolute atomic E-state index is 13.5. The number of carbonyl (C=O) groups excluding carboxylic acids is 1. The normalized spacial score (nSPS) is 10.1. The third-order valence-electron chi connectivity index (χ3n) is 2.60. The Balaban J connectivity index is 2.00. The van der Waals surface area contributed by atoms with Crippen LogP contribution in [0, 0.1) is 15.9 Å². The lowest BCUT2D eigenvalue weighted by molar-refractivity contribution is -0.384. The summed E-state index contributed by atoms with van der Waals surface area (Å²) >= 11 is 3.26. The Morgan fingerprint density at radius 3 is 2.77 bits per heavy atom. The topological polar surface area (TPSA) is 81.5 Å². The van der Waals surface area contributed by atoms with Crippen LogP contribution in [0.3, 0.4) is 0 Å². The highest BCUT2D eigenvalue weighted by atomic mass is 79.9. The van der Waals surface area contributed by atoms with Crippen LogP contribution in [0.2, 0.25) is 0 Å². The highest BCUT2D eigenvalue weighted by molar-refractivity contribution is 9.10. The molecule has 0 atom stereocenters. The first-order valence-electron chi connectivity index (χ1n) is 6.08. The first-order chi connectivity index (χ1) is 10.5. The molecule has 0 aromatic heterocycles. The number of halogens is 2. The Morgan fingerprint density at radius 1 is 1.32 bits per heavy atom. The van der Waals surface area contributed by atoms with E-state index in [1.807, 2.05) is 0 Å². The molecule has 114 valence electrons. The molecule has 22 heavy (non-hydrogen) atoms. The minimum Gasteiger partial charge on any atom is -0.484 e. The number of ether oxygens (including phenoxy) is 1. The summed E-state index contributed by atoms with van der Waals surface area (Å²) in [4.78, 5) is 21.7. The zero-order valence-electron chi connectivity index (χ0n) is 11.1. The van der Waals surface area contributed by atoms with Gasteiger partial charge in [0, 0.05) is 16.6 Å². The van der Waals surface area contributed by atoms with Crippen molar-refractivity contribution in [2.24, 2.45) is 0 Å². The van der Waals surface area contributed by atoms with Crippen molar-refractivity contribution in [2.45, 2.75) is 0 Å². The standard InChI is InChI=1S/C14H10BrFN2O4/c15-9-2-1-3-11(6-9)22-8-14(19)17-13-7-10(18(20)21)4-5-12(13)16/h1-7H,8H2,(H,17,19). The number of hydrogen-bond donors (Lipinski definition) is 1. The van der Waals surface area contributed by atoms with E-state index in [0.717, 1.165) is 22.7 Å². The minimum atomic E-state index is -0.763. The van der Waals surface area contributed by atoms with Crippen LogP contribution in [0.4, 0.5) is 15.8 Å². The molecule has 0 fully saturated rings. The molecular weight excluding hydrogens is 359 g/mol. The predicted molar refractivity (Wildman–Crippen MR) is 81.3 cm³/mol. The summed E-state index contributed by atoms with van der Waals surface area (Å²) in [6.45, 7) is -0.349. The monoisotopic (exact) mass is 368 g/mol. The van der Waals surface area contributed by atoms with Gasteiger partial charge in [0.25, 0.3) is 11.6 Å². The highest BCUT2D eigenvalue weighted by Crippen LogP contribution is 2.21. The van der Waals surface area contributed by atoms with Gasteiger partial charge in [-0.15, -0.1) is 0 Å². The Bertz CT molecular complexity index is 724. The van der Waals surface area contributed by atoms with E-state index in [9.17, 15) is 19.3 Å². The van der Waals surface area contributed by atoms with E-state index in [1.54, 1.807) is 24.3 Å². The van der Waals surface area contributed by atoms with Gasteiger partial charge < -0.3 is 10.1 Å². The van der Waals surface area contributed by atoms with Crippen molar-refractivity contribution in [3.05, 3.63) is 62.9 Å². The van der Waals surface area contributed by atoms with Crippen LogP contribution < -0.4 is 10.1 Å². The van der Waals surface area contributed by atoms with Gasteiger partial charge in [-0.1, -0.05) is 22.0 Å². The zero-order valence-corrected chi connectivity index (χ0v) is 12.7. The summed E-state index contributed by atoms with van der Waals surface area (Å²) < 4.78 is 19.6. The van der Waals surface area contributed by atoms with Crippen molar-refractivity contribution >= 4 is 33.2 Å². The fourth-order valence-electron chi connectivity index (χ4n) is 1.61. The molecule has 0 aliphatic heterocycles. The predicted octanol–water partition coefficient (Wildman–Crippen LogP) is 3.51. The first kappa shape index (κ1) is 15.9. The van der Waals surface area contributed by atoms with Crippen molar-refractivity contribution in [1.29, 1.82) is 0 Å². The average molecular weight is 369 g/mol. The van der Waals surface area contributed by atoms with Gasteiger partial charge in [-0.2, -0.15) is 0 Å². The van der Waals surface area contributed by atoms with Crippen LogP contribution in [-0.4, -0.2) is 17.4 Å². The summed E-state index contributed by atoms with van der Waals surface area (Å²) in [7, 11) is 0. The van der Waals surface area contributed by atoms with Crippen molar-refractivity contribution in [3.8, 4) is 5.75 Å². The summed E-state index contributed by atoms with van der Waals surface area (Å²) in [6, 6.07) is 9.74. The molecule has 1 amide bonds. The van der Waals surface area contributed by atoms with E-state index in [-0.39, 0.29) is 18.0 Å². The van der Waals surface area contributed by atoms with Crippen LogP contribution in [-0.2, 0) is 4.79 Å². The zero-order chi connectivity index (χ0) is 16.1. The van der Waals surface area contributed by atoms with Gasteiger partial charge in [0.15, 0.2) is 6.61 Å². The van der Waals surface area contributed by atoms with E-state index >= 15 is 0 Å². The quantitative estimate of drug-likeness (QED) is 0.646. The molecule has 0 spiro atoms. The average Bonchev–Trinajstić information content (AvgIpc) is 2.47. The Hall–Kier alpha value is -2.48. The summed E-state index contributed by atoms with van der Waals surface area (Å²) in [5.41, 5.74) is -0.582. The lowest BCUT2D eigenvalue weighted by atomic mass is 10.2. The molecule has 0 radical (unpaired) electrons. The Morgan fingerprint density at radius 2 is 2.09 bits per heavy atom. The molecule has 0 aliphatic carbocycles. The summed E-state index contributed by atoms with van der Waals surface area (Å²) in [5, 5.41) is 12.9. The Kier molecular flexibility index (Phi) is 5.05. The molecule has 6 nitrogen and oxygen atoms in total. The molecular formula is C14H10BrFN2O4. The van der Waals surface area contributed by atoms with E-state index in [2.05, 4.69) is 21.2 Å². The number of hydrogen-bond acceptors (Lipinski definition) is 4. The molecule has 0 saturated heterocycles. The number of anilines is 1. The summed E-state index contributed by atoms with van der Waals surface area (Å²) in [5.74, 6) is -0.926. The number of rotatable bonds is 5. The molecule has 8 heteroatoms. The van der Waals surface area contributed by atoms with Gasteiger partial charge in [0.2, 0.25) is 0 Å². The number of nitrogens with one attached hydrogen (secondary N) is 1. The molecule has 2 aromatic carbocycles. The molecule has 0 aliphatic rings. The highest BCUT2D eigenvalue weighted by Gasteiger charge is 2.13. The SMILES string of the molecule is O=C(COc1cccc(Br)c1)Nc1cc([N+](=O)[O-])ccc1F. The molecule has 0 unspecified atom stereocenters. The lowest BCUT2D eigenvalue weighted by Crippen LogP contribution is -2.20. The largest absolute Gasteiger partial charge is 0.484 e. The van der Waals surface area contributed by atoms with Crippen molar-refractivity contribution < 1.29 is 18.8 Å². The number of amides is 1. The van der Waals surface area contributed by atoms with E-state index in [0.29, 0.717) is 5.75 Å². The van der Waals surface area contributed by atoms with Crippen LogP contribution in [0.5, 0.6) is 5.75 Å². The number of nitro benzene ring substituents is 1. The number of non-ortho nitro benzene ring substituents is 1. The lowest BCUT2D eigenvalue weighted by Gasteiger charge is -2.08. The fourth-order valence-corrected chi connectivity index (χ4v) is 1.99. The van der Waals surface area contributed by atoms with Gasteiger partial charge in [-0.05, 0) is 24.3 Å². The maximum Gasteiger partial charge on any atom is 0.271 e. The smallest absolute Gasteiger partial charge is 0.271 e. The molecule has 0 bridgehead atoms. The van der Waals surface area contributed by atoms with Crippen molar-refractivity contribution in [3.63, 3.8) is 0 Å². The van der Waals surface area contributed by atoms with Gasteiger partial charge in [-0.3, -0.25) is 14.9 Å². The van der Waals surface area contributed by atoms with E-state index in [1.165, 1.54) is 0 Å². The third-order valence-corrected chi connectivity index (χ3v) is 3.09. The van der Waals surface area contributed by atoms with Crippen molar-refractivity contribution in [2.75, 3.05) is 11.9 Å². The second-order valence-electron chi connectivity index (χ2n) is 4.22. The number of carbonyl (C=O) groups is 1. The molecule has 0 saturated carbocycles. The summed E-state index contributed by atoms with van der Waals surface area (Å²) in [6.07, 6.45) is 0. The van der Waals surface area contributed by atoms with Gasteiger partial charge in [0.1, 0.15) is 11.6 Å². The van der Waals surface area contributed by atoms with Gasteiger partial charge >= 0.3 is 0 Å². The Labute approximate surface area is 133 Å². The number of benzene rings is 2. The van der Waals surface area contributed by atoms with Crippen LogP contribution in [0.25, 0.3) is 0 Å². The minimum absolute atomic E-state index is 0.267. The number of nitro groups is 1. The first-order valence-corrected chi connectivity index (χ1v) is 6.87. The second-order valence-corrected chi connectivity index (χ2v) is 5.13. The molecule has 2 rings (SSSR count). The second kappa shape index (κ2) is 6.99. The fraction of sp³-hybridized carbons (Fsp3) is 0.0714. The van der Waals surface area contributed by atoms with Crippen LogP contribution in [0.15, 0.2) is 46.9 Å². The van der Waals surface area contributed by atoms with Crippen molar-refractivity contribution in [1.82, 2.24) is 0 Å².